The number of rotatable bonds is 13. The van der Waals surface area contributed by atoms with Crippen molar-refractivity contribution in [2.45, 2.75) is 154 Å². The van der Waals surface area contributed by atoms with E-state index in [2.05, 4.69) is 15.6 Å². The van der Waals surface area contributed by atoms with Gasteiger partial charge >= 0.3 is 12.1 Å². The number of ether oxygens (including phenoxy) is 5. The fourth-order valence-corrected chi connectivity index (χ4v) is 9.68. The van der Waals surface area contributed by atoms with Crippen LogP contribution in [0.3, 0.4) is 0 Å². The van der Waals surface area contributed by atoms with Crippen molar-refractivity contribution in [3.63, 3.8) is 0 Å². The highest BCUT2D eigenvalue weighted by atomic mass is 16.7. The number of fused-ring (bicyclic) bond motifs is 1. The Labute approximate surface area is 360 Å². The molecular weight excluding hydrogens is 787 g/mol. The number of likely N-dealkylation sites (N-methyl/N-ethyl adjacent to an activating group) is 1. The molecule has 3 unspecified atom stereocenters. The molecule has 4 N–H and O–H groups in total. The van der Waals surface area contributed by atoms with Gasteiger partial charge in [0.1, 0.15) is 35.7 Å². The molecule has 3 fully saturated rings. The monoisotopic (exact) mass is 856 g/mol. The van der Waals surface area contributed by atoms with Gasteiger partial charge in [-0.05, 0) is 98.5 Å². The number of ketones is 1. The van der Waals surface area contributed by atoms with Gasteiger partial charge in [-0.25, -0.2) is 4.79 Å². The zero-order valence-corrected chi connectivity index (χ0v) is 37.6. The molecule has 0 aliphatic carbocycles. The molecule has 3 aliphatic rings. The number of benzene rings is 1. The molecule has 13 atom stereocenters. The summed E-state index contributed by atoms with van der Waals surface area (Å²) in [6, 6.07) is 6.22. The lowest BCUT2D eigenvalue weighted by Crippen LogP contribution is -2.61. The van der Waals surface area contributed by atoms with E-state index < -0.39 is 71.5 Å². The Morgan fingerprint density at radius 3 is 2.49 bits per heavy atom. The summed E-state index contributed by atoms with van der Waals surface area (Å²) in [5.41, 5.74) is 5.54. The van der Waals surface area contributed by atoms with Gasteiger partial charge < -0.3 is 49.5 Å². The predicted octanol–water partition coefficient (Wildman–Crippen LogP) is 3.85. The Morgan fingerprint density at radius 1 is 1.11 bits per heavy atom. The van der Waals surface area contributed by atoms with E-state index in [4.69, 9.17) is 29.4 Å². The first kappa shape index (κ1) is 48.0. The molecule has 1 aromatic carbocycles. The molecule has 0 bridgehead atoms. The summed E-state index contributed by atoms with van der Waals surface area (Å²) in [5, 5.41) is 23.7. The van der Waals surface area contributed by atoms with E-state index in [1.165, 1.54) is 14.0 Å². The number of anilines is 1. The Balaban J connectivity index is 1.41. The Morgan fingerprint density at radius 2 is 1.84 bits per heavy atom. The maximum absolute atomic E-state index is 14.5. The first-order valence-corrected chi connectivity index (χ1v) is 21.8. The summed E-state index contributed by atoms with van der Waals surface area (Å²) in [7, 11) is 5.21. The third kappa shape index (κ3) is 10.6. The van der Waals surface area contributed by atoms with Crippen molar-refractivity contribution in [1.29, 1.82) is 0 Å². The van der Waals surface area contributed by atoms with Crippen LogP contribution in [-0.4, -0.2) is 148 Å². The molecule has 340 valence electrons. The smallest absolute Gasteiger partial charge is 0.410 e. The van der Waals surface area contributed by atoms with Gasteiger partial charge in [0.15, 0.2) is 17.7 Å². The zero-order chi connectivity index (χ0) is 44.8. The molecule has 1 amide bonds. The molecule has 5 rings (SSSR count). The molecular formula is C44H69N7O10. The van der Waals surface area contributed by atoms with E-state index in [1.807, 2.05) is 77.2 Å². The molecule has 0 spiro atoms. The standard InChI is InChI=1S/C44H69N7O10/c1-11-35-43(7)38(51(42(56)61-43)19-13-12-18-50-25-33(47-48-50)31-15-14-16-32(45)22-31)30(6)46-24-26(2)23-44(57-10,17-20-52)39(28(4)36(53)29(5)40(55)59-35)60-41-37(54)34(49(8)9)21-27(3)58-41/h14-16,20,22,25-30,34-35,37-39,41,46,54H,11-13,17-19,21,23-24,45H2,1-10H3/t26-,27?,28+,29-,30-,34?,35-,37?,38-,39-,41+,43-,44-/m1/s1. The second kappa shape index (κ2) is 20.5. The first-order valence-electron chi connectivity index (χ1n) is 21.8. The number of amides is 1. The van der Waals surface area contributed by atoms with Crippen molar-refractivity contribution in [2.24, 2.45) is 17.8 Å². The number of nitrogen functional groups attached to an aromatic ring is 1. The second-order valence-electron chi connectivity index (χ2n) is 17.9. The number of nitrogens with zero attached hydrogens (tertiary/aromatic N) is 5. The highest BCUT2D eigenvalue weighted by Gasteiger charge is 2.59. The number of methoxy groups -OCH3 is 1. The number of esters is 1. The summed E-state index contributed by atoms with van der Waals surface area (Å²) < 4.78 is 33.2. The number of aliphatic hydroxyl groups excluding tert-OH is 1. The van der Waals surface area contributed by atoms with Crippen molar-refractivity contribution in [2.75, 3.05) is 40.0 Å². The number of nitrogens with one attached hydrogen (secondary N) is 1. The maximum Gasteiger partial charge on any atom is 0.410 e. The third-order valence-electron chi connectivity index (χ3n) is 13.0. The number of hydrogen-bond donors (Lipinski definition) is 3. The molecule has 3 aliphatic heterocycles. The van der Waals surface area contributed by atoms with Crippen LogP contribution >= 0.6 is 0 Å². The van der Waals surface area contributed by atoms with Crippen LogP contribution in [0, 0.1) is 17.8 Å². The average molecular weight is 856 g/mol. The van der Waals surface area contributed by atoms with Gasteiger partial charge in [0, 0.05) is 55.9 Å². The fourth-order valence-electron chi connectivity index (χ4n) is 9.68. The van der Waals surface area contributed by atoms with E-state index in [1.54, 1.807) is 23.4 Å². The molecule has 3 saturated heterocycles. The summed E-state index contributed by atoms with van der Waals surface area (Å²) in [6.07, 6.45) is -0.125. The summed E-state index contributed by atoms with van der Waals surface area (Å²) in [6.45, 7) is 14.0. The van der Waals surface area contributed by atoms with Crippen LogP contribution in [0.5, 0.6) is 0 Å². The van der Waals surface area contributed by atoms with E-state index >= 15 is 0 Å². The van der Waals surface area contributed by atoms with Gasteiger partial charge in [0.25, 0.3) is 0 Å². The lowest BCUT2D eigenvalue weighted by Gasteiger charge is -2.47. The molecule has 0 radical (unpaired) electrons. The minimum Gasteiger partial charge on any atom is -0.458 e. The van der Waals surface area contributed by atoms with E-state index in [9.17, 15) is 24.3 Å². The summed E-state index contributed by atoms with van der Waals surface area (Å²) >= 11 is 0. The van der Waals surface area contributed by atoms with Crippen LogP contribution in [0.15, 0.2) is 30.5 Å². The largest absolute Gasteiger partial charge is 0.458 e. The van der Waals surface area contributed by atoms with Crippen LogP contribution in [0.25, 0.3) is 11.3 Å². The highest BCUT2D eigenvalue weighted by molar-refractivity contribution is 6.00. The molecule has 61 heavy (non-hydrogen) atoms. The molecule has 4 heterocycles. The molecule has 17 heteroatoms. The number of hydrogen-bond acceptors (Lipinski definition) is 15. The minimum absolute atomic E-state index is 0.133. The molecule has 1 aromatic heterocycles. The number of carbonyl (C=O) groups excluding carboxylic acids is 4. The first-order chi connectivity index (χ1) is 28.9. The number of nitrogens with two attached hydrogens (primary N) is 1. The number of Topliss-reactive ketones (excluding diaryl/α,β-unsaturated/α-hetero) is 1. The highest BCUT2D eigenvalue weighted by Crippen LogP contribution is 2.41. The van der Waals surface area contributed by atoms with Crippen molar-refractivity contribution < 1.29 is 48.0 Å². The fraction of sp³-hybridized carbons (Fsp3) is 0.727. The van der Waals surface area contributed by atoms with E-state index in [-0.39, 0.29) is 36.9 Å². The van der Waals surface area contributed by atoms with Crippen LogP contribution < -0.4 is 11.1 Å². The average Bonchev–Trinajstić information content (AvgIpc) is 3.80. The summed E-state index contributed by atoms with van der Waals surface area (Å²) in [4.78, 5) is 58.6. The second-order valence-corrected chi connectivity index (χ2v) is 17.9. The van der Waals surface area contributed by atoms with Crippen molar-refractivity contribution >= 4 is 29.8 Å². The van der Waals surface area contributed by atoms with Crippen LogP contribution in [0.1, 0.15) is 87.0 Å². The van der Waals surface area contributed by atoms with Gasteiger partial charge in [-0.15, -0.1) is 5.10 Å². The lowest BCUT2D eigenvalue weighted by atomic mass is 9.76. The van der Waals surface area contributed by atoms with Gasteiger partial charge in [0.05, 0.1) is 24.4 Å². The Hall–Kier alpha value is -4.00. The molecule has 0 saturated carbocycles. The van der Waals surface area contributed by atoms with Gasteiger partial charge in [-0.2, -0.15) is 0 Å². The normalized spacial score (nSPS) is 35.6. The minimum atomic E-state index is -1.36. The number of aromatic nitrogens is 3. The SMILES string of the molecule is CC[C@H]1OC(=O)[C@H](C)C(=O)[C@H](C)[C@@H](O[C@@H]2OC(C)CC(N(C)C)C2O)[C@](CC=O)(OC)C[C@@H](C)CN[C@H](C)[C@H]2N(CCCCn3cc(-c4cccc(N)c4)nn3)C(=O)O[C@]12C. The Bertz CT molecular complexity index is 1810. The molecule has 2 aromatic rings. The number of carbonyl (C=O) groups is 4. The van der Waals surface area contributed by atoms with Crippen LogP contribution in [-0.2, 0) is 44.6 Å². The van der Waals surface area contributed by atoms with E-state index in [0.717, 1.165) is 11.8 Å². The van der Waals surface area contributed by atoms with Gasteiger partial charge in [-0.3, -0.25) is 19.2 Å². The zero-order valence-electron chi connectivity index (χ0n) is 37.6. The maximum atomic E-state index is 14.5. The van der Waals surface area contributed by atoms with Gasteiger partial charge in [0.2, 0.25) is 0 Å². The Kier molecular flexibility index (Phi) is 16.1. The van der Waals surface area contributed by atoms with Crippen molar-refractivity contribution in [1.82, 2.24) is 30.1 Å². The van der Waals surface area contributed by atoms with Gasteiger partial charge in [-0.1, -0.05) is 38.1 Å². The van der Waals surface area contributed by atoms with Crippen LogP contribution in [0.4, 0.5) is 10.5 Å². The number of unbranched alkanes of at least 4 members (excludes halogenated alkanes) is 1. The van der Waals surface area contributed by atoms with Crippen molar-refractivity contribution in [3.8, 4) is 11.3 Å². The number of cyclic esters (lactones) is 1. The number of aliphatic hydroxyl groups is 1. The quantitative estimate of drug-likeness (QED) is 0.0860. The van der Waals surface area contributed by atoms with E-state index in [0.29, 0.717) is 56.7 Å². The molecule has 17 nitrogen and oxygen atoms in total. The topological polar surface area (TPSA) is 210 Å². The van der Waals surface area contributed by atoms with Crippen LogP contribution in [0.2, 0.25) is 0 Å². The predicted molar refractivity (Wildman–Crippen MR) is 227 cm³/mol. The third-order valence-corrected chi connectivity index (χ3v) is 13.0. The lowest BCUT2D eigenvalue weighted by molar-refractivity contribution is -0.297. The summed E-state index contributed by atoms with van der Waals surface area (Å²) in [5.74, 6) is -3.72. The number of aryl methyl sites for hydroxylation is 1. The number of aldehydes is 1. The van der Waals surface area contributed by atoms with Crippen molar-refractivity contribution in [3.05, 3.63) is 30.5 Å².